The van der Waals surface area contributed by atoms with Gasteiger partial charge in [0.25, 0.3) is 0 Å². The Hall–Kier alpha value is -1.46. The highest BCUT2D eigenvalue weighted by molar-refractivity contribution is 5.88. The van der Waals surface area contributed by atoms with Gasteiger partial charge in [0.1, 0.15) is 11.2 Å². The van der Waals surface area contributed by atoms with Gasteiger partial charge >= 0.3 is 5.97 Å². The lowest BCUT2D eigenvalue weighted by Gasteiger charge is -2.22. The first kappa shape index (κ1) is 16.5. The summed E-state index contributed by atoms with van der Waals surface area (Å²) in [6, 6.07) is 0. The maximum Gasteiger partial charge on any atom is 0.306 e. The summed E-state index contributed by atoms with van der Waals surface area (Å²) in [7, 11) is 1.20. The summed E-state index contributed by atoms with van der Waals surface area (Å²) in [6.07, 6.45) is 2.60. The van der Waals surface area contributed by atoms with Crippen molar-refractivity contribution in [2.45, 2.75) is 46.0 Å². The molecule has 0 saturated carbocycles. The molecule has 0 amide bonds. The summed E-state index contributed by atoms with van der Waals surface area (Å²) in [6.45, 7) is 2.93. The minimum Gasteiger partial charge on any atom is -0.469 e. The number of hydrogen-bond donors (Lipinski definition) is 0. The number of nitrogens with zero attached hydrogens (tertiary/aromatic N) is 1. The second-order valence-corrected chi connectivity index (χ2v) is 4.68. The molecule has 0 aliphatic rings. The Balaban J connectivity index is 4.68. The molecule has 0 fully saturated rings. The number of ether oxygens (including phenoxy) is 1. The number of methoxy groups -OCH3 is 1. The van der Waals surface area contributed by atoms with E-state index in [9.17, 15) is 19.7 Å². The van der Waals surface area contributed by atoms with Crippen LogP contribution in [0.4, 0.5) is 0 Å². The molecule has 0 aromatic rings. The van der Waals surface area contributed by atoms with E-state index in [1.165, 1.54) is 14.0 Å². The van der Waals surface area contributed by atoms with E-state index in [2.05, 4.69) is 4.74 Å². The van der Waals surface area contributed by atoms with Gasteiger partial charge in [-0.05, 0) is 13.3 Å². The Labute approximate surface area is 107 Å². The molecule has 0 N–H and O–H groups in total. The number of hydrogen-bond acceptors (Lipinski definition) is 5. The first-order valence-corrected chi connectivity index (χ1v) is 6.07. The molecule has 18 heavy (non-hydrogen) atoms. The zero-order chi connectivity index (χ0) is 14.2. The quantitative estimate of drug-likeness (QED) is 0.273. The standard InChI is InChI=1S/C12H21NO5/c1-4-5-6-7-10(14)12(2,9-13(16)17)8-11(15)18-3/h4-9H2,1-3H3. The van der Waals surface area contributed by atoms with Crippen molar-refractivity contribution in [3.8, 4) is 0 Å². The molecular formula is C12H21NO5. The highest BCUT2D eigenvalue weighted by Crippen LogP contribution is 2.26. The highest BCUT2D eigenvalue weighted by atomic mass is 16.6. The summed E-state index contributed by atoms with van der Waals surface area (Å²) < 4.78 is 4.49. The predicted octanol–water partition coefficient (Wildman–Crippen LogP) is 1.98. The van der Waals surface area contributed by atoms with Gasteiger partial charge in [0.15, 0.2) is 0 Å². The first-order chi connectivity index (χ1) is 8.35. The minimum absolute atomic E-state index is 0.238. The van der Waals surface area contributed by atoms with E-state index in [-0.39, 0.29) is 18.6 Å². The Kier molecular flexibility index (Phi) is 7.16. The molecule has 0 bridgehead atoms. The van der Waals surface area contributed by atoms with Gasteiger partial charge < -0.3 is 4.74 Å². The Bertz CT molecular complexity index is 316. The maximum atomic E-state index is 12.0. The monoisotopic (exact) mass is 259 g/mol. The number of ketones is 1. The van der Waals surface area contributed by atoms with Crippen LogP contribution in [0, 0.1) is 15.5 Å². The fourth-order valence-corrected chi connectivity index (χ4v) is 1.76. The SMILES string of the molecule is CCCCCC(=O)C(C)(CC(=O)OC)C[N+](=O)[O-]. The summed E-state index contributed by atoms with van der Waals surface area (Å²) >= 11 is 0. The van der Waals surface area contributed by atoms with Crippen molar-refractivity contribution < 1.29 is 19.2 Å². The second-order valence-electron chi connectivity index (χ2n) is 4.68. The first-order valence-electron chi connectivity index (χ1n) is 6.07. The molecule has 6 heteroatoms. The largest absolute Gasteiger partial charge is 0.469 e. The van der Waals surface area contributed by atoms with Gasteiger partial charge in [0.2, 0.25) is 6.54 Å². The minimum atomic E-state index is -1.26. The topological polar surface area (TPSA) is 86.5 Å². The fraction of sp³-hybridized carbons (Fsp3) is 0.833. The van der Waals surface area contributed by atoms with Crippen LogP contribution < -0.4 is 0 Å². The molecular weight excluding hydrogens is 238 g/mol. The van der Waals surface area contributed by atoms with Gasteiger partial charge in [-0.3, -0.25) is 19.7 Å². The van der Waals surface area contributed by atoms with Crippen LogP contribution in [0.15, 0.2) is 0 Å². The van der Waals surface area contributed by atoms with E-state index in [0.29, 0.717) is 6.42 Å². The lowest BCUT2D eigenvalue weighted by Crippen LogP contribution is -2.37. The van der Waals surface area contributed by atoms with Crippen LogP contribution in [-0.2, 0) is 14.3 Å². The third kappa shape index (κ3) is 5.75. The Morgan fingerprint density at radius 3 is 2.39 bits per heavy atom. The number of carbonyl (C=O) groups is 2. The van der Waals surface area contributed by atoms with Gasteiger partial charge in [-0.1, -0.05) is 19.8 Å². The van der Waals surface area contributed by atoms with Crippen LogP contribution in [0.1, 0.15) is 46.0 Å². The van der Waals surface area contributed by atoms with E-state index >= 15 is 0 Å². The molecule has 0 aromatic carbocycles. The van der Waals surface area contributed by atoms with Crippen molar-refractivity contribution in [2.24, 2.45) is 5.41 Å². The zero-order valence-electron chi connectivity index (χ0n) is 11.2. The van der Waals surface area contributed by atoms with Crippen LogP contribution in [0.2, 0.25) is 0 Å². The van der Waals surface area contributed by atoms with Crippen LogP contribution in [0.3, 0.4) is 0 Å². The summed E-state index contributed by atoms with van der Waals surface area (Å²) in [5.74, 6) is -0.832. The van der Waals surface area contributed by atoms with Crippen LogP contribution in [0.25, 0.3) is 0 Å². The van der Waals surface area contributed by atoms with E-state index in [0.717, 1.165) is 12.8 Å². The number of nitro groups is 1. The second kappa shape index (κ2) is 7.79. The summed E-state index contributed by atoms with van der Waals surface area (Å²) in [4.78, 5) is 33.3. The van der Waals surface area contributed by atoms with E-state index in [4.69, 9.17) is 0 Å². The maximum absolute atomic E-state index is 12.0. The van der Waals surface area contributed by atoms with Gasteiger partial charge in [0, 0.05) is 11.3 Å². The van der Waals surface area contributed by atoms with E-state index < -0.39 is 22.9 Å². The molecule has 0 rings (SSSR count). The van der Waals surface area contributed by atoms with Crippen molar-refractivity contribution in [2.75, 3.05) is 13.7 Å². The third-order valence-corrected chi connectivity index (χ3v) is 2.92. The Morgan fingerprint density at radius 1 is 1.33 bits per heavy atom. The zero-order valence-corrected chi connectivity index (χ0v) is 11.2. The molecule has 0 aromatic heterocycles. The molecule has 0 saturated heterocycles. The number of unbranched alkanes of at least 4 members (excludes halogenated alkanes) is 2. The third-order valence-electron chi connectivity index (χ3n) is 2.92. The normalized spacial score (nSPS) is 13.7. The average molecular weight is 259 g/mol. The molecule has 6 nitrogen and oxygen atoms in total. The van der Waals surface area contributed by atoms with Crippen molar-refractivity contribution in [3.05, 3.63) is 10.1 Å². The molecule has 104 valence electrons. The highest BCUT2D eigenvalue weighted by Gasteiger charge is 2.40. The molecule has 0 radical (unpaired) electrons. The predicted molar refractivity (Wildman–Crippen MR) is 65.8 cm³/mol. The van der Waals surface area contributed by atoms with Gasteiger partial charge in [0.05, 0.1) is 13.5 Å². The van der Waals surface area contributed by atoms with E-state index in [1.54, 1.807) is 0 Å². The molecule has 1 unspecified atom stereocenters. The fourth-order valence-electron chi connectivity index (χ4n) is 1.76. The lowest BCUT2D eigenvalue weighted by molar-refractivity contribution is -0.493. The molecule has 0 spiro atoms. The number of carbonyl (C=O) groups excluding carboxylic acids is 2. The van der Waals surface area contributed by atoms with Crippen LogP contribution in [-0.4, -0.2) is 30.3 Å². The summed E-state index contributed by atoms with van der Waals surface area (Å²) in [5, 5.41) is 10.6. The van der Waals surface area contributed by atoms with Crippen molar-refractivity contribution >= 4 is 11.8 Å². The lowest BCUT2D eigenvalue weighted by atomic mass is 9.80. The Morgan fingerprint density at radius 2 is 1.94 bits per heavy atom. The molecule has 0 aliphatic heterocycles. The number of esters is 1. The van der Waals surface area contributed by atoms with Gasteiger partial charge in [-0.15, -0.1) is 0 Å². The van der Waals surface area contributed by atoms with Crippen LogP contribution >= 0.6 is 0 Å². The molecule has 1 atom stereocenters. The van der Waals surface area contributed by atoms with Crippen molar-refractivity contribution in [3.63, 3.8) is 0 Å². The van der Waals surface area contributed by atoms with Crippen molar-refractivity contribution in [1.29, 1.82) is 0 Å². The number of Topliss-reactive ketones (excluding diaryl/α,β-unsaturated/α-hetero) is 1. The molecule has 0 aliphatic carbocycles. The average Bonchev–Trinajstić information content (AvgIpc) is 2.27. The van der Waals surface area contributed by atoms with Gasteiger partial charge in [-0.2, -0.15) is 0 Å². The van der Waals surface area contributed by atoms with Crippen LogP contribution in [0.5, 0.6) is 0 Å². The van der Waals surface area contributed by atoms with Crippen molar-refractivity contribution in [1.82, 2.24) is 0 Å². The number of rotatable bonds is 9. The summed E-state index contributed by atoms with van der Waals surface area (Å²) in [5.41, 5.74) is -1.26. The van der Waals surface area contributed by atoms with Gasteiger partial charge in [-0.25, -0.2) is 0 Å². The molecule has 0 heterocycles. The smallest absolute Gasteiger partial charge is 0.306 e. The van der Waals surface area contributed by atoms with E-state index in [1.807, 2.05) is 6.92 Å².